The van der Waals surface area contributed by atoms with Gasteiger partial charge in [0.15, 0.2) is 4.34 Å². The van der Waals surface area contributed by atoms with Crippen LogP contribution in [0.25, 0.3) is 0 Å². The molecule has 0 aliphatic rings. The third-order valence-electron chi connectivity index (χ3n) is 1.88. The number of hydrogen-bond donors (Lipinski definition) is 2. The van der Waals surface area contributed by atoms with E-state index in [1.807, 2.05) is 0 Å². The molecule has 0 aliphatic carbocycles. The van der Waals surface area contributed by atoms with Crippen LogP contribution in [0.1, 0.15) is 0 Å². The van der Waals surface area contributed by atoms with Crippen molar-refractivity contribution >= 4 is 40.0 Å². The molecule has 2 aromatic rings. The number of carbonyl (C=O) groups excluding carboxylic acids is 1. The topological polar surface area (TPSA) is 114 Å². The molecule has 2 aromatic heterocycles. The highest BCUT2D eigenvalue weighted by Gasteiger charge is 2.16. The molecule has 0 bridgehead atoms. The zero-order valence-corrected chi connectivity index (χ0v) is 11.9. The van der Waals surface area contributed by atoms with Crippen LogP contribution in [0.5, 0.6) is 0 Å². The molecule has 3 N–H and O–H groups in total. The smallest absolute Gasteiger partial charge is 0.305 e. The summed E-state index contributed by atoms with van der Waals surface area (Å²) in [4.78, 5) is 13.1. The van der Waals surface area contributed by atoms with Crippen molar-refractivity contribution in [2.24, 2.45) is 0 Å². The molecule has 0 spiro atoms. The normalized spacial score (nSPS) is 10.4. The van der Waals surface area contributed by atoms with Crippen molar-refractivity contribution in [2.75, 3.05) is 35.9 Å². The Hall–Kier alpha value is -1.88. The standard InChI is InChI=1S/C8H11N7O2S2/c1-14(2)15-3-6(17-13-15)10-5(16)4-18-8-12-11-7(9)19-8/h3H,4H2,1-2H3,(H2-,9,10,11,13,16)/p+1. The van der Waals surface area contributed by atoms with Crippen molar-refractivity contribution in [1.82, 2.24) is 15.5 Å². The second kappa shape index (κ2) is 5.84. The lowest BCUT2D eigenvalue weighted by Crippen LogP contribution is -2.53. The minimum atomic E-state index is -0.221. The Bertz CT molecular complexity index is 567. The summed E-state index contributed by atoms with van der Waals surface area (Å²) in [6, 6.07) is 0. The summed E-state index contributed by atoms with van der Waals surface area (Å²) < 4.78 is 5.58. The summed E-state index contributed by atoms with van der Waals surface area (Å²) in [5, 5.41) is 15.8. The largest absolute Gasteiger partial charge is 0.374 e. The van der Waals surface area contributed by atoms with Crippen LogP contribution >= 0.6 is 23.1 Å². The van der Waals surface area contributed by atoms with Crippen molar-refractivity contribution in [3.05, 3.63) is 6.20 Å². The Morgan fingerprint density at radius 1 is 1.63 bits per heavy atom. The average molecular weight is 302 g/mol. The van der Waals surface area contributed by atoms with E-state index in [4.69, 9.17) is 10.3 Å². The summed E-state index contributed by atoms with van der Waals surface area (Å²) in [6.07, 6.45) is 1.56. The highest BCUT2D eigenvalue weighted by Crippen LogP contribution is 2.23. The molecular weight excluding hydrogens is 290 g/mol. The monoisotopic (exact) mass is 302 g/mol. The van der Waals surface area contributed by atoms with Gasteiger partial charge in [-0.3, -0.25) is 14.6 Å². The average Bonchev–Trinajstić information content (AvgIpc) is 2.96. The molecule has 2 rings (SSSR count). The van der Waals surface area contributed by atoms with Crippen LogP contribution in [-0.4, -0.2) is 41.2 Å². The number of aromatic nitrogens is 4. The van der Waals surface area contributed by atoms with Gasteiger partial charge in [0.1, 0.15) is 0 Å². The van der Waals surface area contributed by atoms with Gasteiger partial charge in [-0.1, -0.05) is 23.1 Å². The number of hydrogen-bond acceptors (Lipinski definition) is 9. The zero-order chi connectivity index (χ0) is 13.8. The summed E-state index contributed by atoms with van der Waals surface area (Å²) in [7, 11) is 3.59. The summed E-state index contributed by atoms with van der Waals surface area (Å²) in [6.45, 7) is 0. The summed E-state index contributed by atoms with van der Waals surface area (Å²) in [5.41, 5.74) is 5.44. The van der Waals surface area contributed by atoms with E-state index in [-0.39, 0.29) is 17.5 Å². The predicted molar refractivity (Wildman–Crippen MR) is 70.4 cm³/mol. The maximum atomic E-state index is 11.7. The molecule has 19 heavy (non-hydrogen) atoms. The maximum absolute atomic E-state index is 11.7. The van der Waals surface area contributed by atoms with E-state index in [0.29, 0.717) is 9.47 Å². The SMILES string of the molecule is CN(C)[n+]1cc(NC(=O)CSc2nnc(N)s2)on1. The molecule has 0 fully saturated rings. The number of anilines is 2. The number of carbonyl (C=O) groups is 1. The van der Waals surface area contributed by atoms with Gasteiger partial charge in [0.25, 0.3) is 6.20 Å². The second-order valence-electron chi connectivity index (χ2n) is 3.58. The summed E-state index contributed by atoms with van der Waals surface area (Å²) in [5.74, 6) is 0.244. The molecule has 0 saturated carbocycles. The molecule has 0 unspecified atom stereocenters. The van der Waals surface area contributed by atoms with Crippen LogP contribution < -0.4 is 20.9 Å². The van der Waals surface area contributed by atoms with Crippen LogP contribution in [0.3, 0.4) is 0 Å². The molecule has 2 heterocycles. The fraction of sp³-hybridized carbons (Fsp3) is 0.375. The van der Waals surface area contributed by atoms with Gasteiger partial charge in [0.05, 0.1) is 24.6 Å². The van der Waals surface area contributed by atoms with Gasteiger partial charge >= 0.3 is 5.88 Å². The van der Waals surface area contributed by atoms with Crippen molar-refractivity contribution in [2.45, 2.75) is 4.34 Å². The molecule has 0 saturated heterocycles. The van der Waals surface area contributed by atoms with Crippen LogP contribution in [0.15, 0.2) is 15.1 Å². The fourth-order valence-electron chi connectivity index (χ4n) is 1.06. The van der Waals surface area contributed by atoms with Crippen LogP contribution in [0.4, 0.5) is 11.0 Å². The maximum Gasteiger partial charge on any atom is 0.305 e. The first-order valence-corrected chi connectivity index (χ1v) is 6.92. The lowest BCUT2D eigenvalue weighted by molar-refractivity contribution is -0.753. The number of thioether (sulfide) groups is 1. The number of nitrogens with two attached hydrogens (primary N) is 1. The van der Waals surface area contributed by atoms with Gasteiger partial charge in [0.2, 0.25) is 16.3 Å². The lowest BCUT2D eigenvalue weighted by atomic mass is 10.6. The van der Waals surface area contributed by atoms with Crippen molar-refractivity contribution in [3.8, 4) is 0 Å². The Labute approximate surface area is 116 Å². The van der Waals surface area contributed by atoms with Crippen LogP contribution in [-0.2, 0) is 4.79 Å². The number of nitrogen functional groups attached to an aromatic ring is 1. The third kappa shape index (κ3) is 3.79. The van der Waals surface area contributed by atoms with E-state index in [0.717, 1.165) is 0 Å². The molecule has 0 aliphatic heterocycles. The first kappa shape index (κ1) is 13.5. The van der Waals surface area contributed by atoms with Gasteiger partial charge in [-0.25, -0.2) is 0 Å². The Morgan fingerprint density at radius 3 is 3.00 bits per heavy atom. The molecule has 0 aromatic carbocycles. The molecule has 102 valence electrons. The molecule has 0 atom stereocenters. The van der Waals surface area contributed by atoms with Gasteiger partial charge in [-0.2, -0.15) is 5.01 Å². The first-order chi connectivity index (χ1) is 9.04. The molecule has 9 nitrogen and oxygen atoms in total. The minimum absolute atomic E-state index is 0.192. The number of nitrogens with zero attached hydrogens (tertiary/aromatic N) is 5. The van der Waals surface area contributed by atoms with E-state index in [9.17, 15) is 4.79 Å². The number of rotatable bonds is 5. The van der Waals surface area contributed by atoms with Crippen molar-refractivity contribution in [3.63, 3.8) is 0 Å². The van der Waals surface area contributed by atoms with E-state index in [1.54, 1.807) is 25.3 Å². The predicted octanol–water partition coefficient (Wildman–Crippen LogP) is -0.676. The number of amides is 1. The quantitative estimate of drug-likeness (QED) is 0.552. The van der Waals surface area contributed by atoms with Gasteiger partial charge < -0.3 is 5.73 Å². The van der Waals surface area contributed by atoms with Gasteiger partial charge in [-0.05, 0) is 0 Å². The molecule has 0 radical (unpaired) electrons. The van der Waals surface area contributed by atoms with Crippen LogP contribution in [0.2, 0.25) is 0 Å². The number of nitrogens with one attached hydrogen (secondary N) is 1. The highest BCUT2D eigenvalue weighted by molar-refractivity contribution is 8.01. The fourth-order valence-corrected chi connectivity index (χ4v) is 2.50. The second-order valence-corrected chi connectivity index (χ2v) is 5.81. The molecule has 1 amide bonds. The zero-order valence-electron chi connectivity index (χ0n) is 10.2. The van der Waals surface area contributed by atoms with Crippen molar-refractivity contribution < 1.29 is 14.1 Å². The van der Waals surface area contributed by atoms with Crippen LogP contribution in [0, 0.1) is 0 Å². The molecular formula is C8H12N7O2S2+. The van der Waals surface area contributed by atoms with E-state index in [1.165, 1.54) is 27.9 Å². The Kier molecular flexibility index (Phi) is 4.16. The minimum Gasteiger partial charge on any atom is -0.374 e. The highest BCUT2D eigenvalue weighted by atomic mass is 32.2. The van der Waals surface area contributed by atoms with E-state index >= 15 is 0 Å². The Balaban J connectivity index is 1.83. The molecule has 11 heteroatoms. The van der Waals surface area contributed by atoms with E-state index in [2.05, 4.69) is 20.8 Å². The van der Waals surface area contributed by atoms with Crippen molar-refractivity contribution in [1.29, 1.82) is 0 Å². The van der Waals surface area contributed by atoms with Gasteiger partial charge in [0, 0.05) is 0 Å². The lowest BCUT2D eigenvalue weighted by Gasteiger charge is -1.96. The Morgan fingerprint density at radius 2 is 2.42 bits per heavy atom. The third-order valence-corrected chi connectivity index (χ3v) is 3.76. The van der Waals surface area contributed by atoms with E-state index < -0.39 is 0 Å². The van der Waals surface area contributed by atoms with Gasteiger partial charge in [-0.15, -0.1) is 10.2 Å². The first-order valence-electron chi connectivity index (χ1n) is 5.12. The summed E-state index contributed by atoms with van der Waals surface area (Å²) >= 11 is 2.49.